The number of hydrogen-bond donors (Lipinski definition) is 0. The standard InChI is InChI=1S/C23H14As2IO2/c24-21-16-3-1-2-4-17(16)23(28)20-9-14-8-13-7-12(11-25-26)5-6-15(13)22(27)18(14)10-19(20)21/h1-7,9-10,21H,8,11H2. The maximum absolute atomic E-state index is 13.2. The molecule has 2 nitrogen and oxygen atoms in total. The first kappa shape index (κ1) is 18.8. The number of carbonyl (C=O) groups excluding carboxylic acids is 2. The molecule has 5 rings (SSSR count). The van der Waals surface area contributed by atoms with Crippen LogP contribution in [0.3, 0.4) is 0 Å². The predicted molar refractivity (Wildman–Crippen MR) is 120 cm³/mol. The first-order valence-electron chi connectivity index (χ1n) is 9.01. The number of fused-ring (bicyclic) bond motifs is 4. The minimum absolute atomic E-state index is 0.0466. The Kier molecular flexibility index (Phi) is 4.89. The molecule has 0 aliphatic heterocycles. The van der Waals surface area contributed by atoms with Crippen molar-refractivity contribution in [2.24, 2.45) is 0 Å². The van der Waals surface area contributed by atoms with Crippen LogP contribution in [0.25, 0.3) is 0 Å². The normalized spacial score (nSPS) is 17.3. The second-order valence-electron chi connectivity index (χ2n) is 7.19. The Morgan fingerprint density at radius 3 is 2.43 bits per heavy atom. The number of halogens is 1. The molecule has 135 valence electrons. The molecule has 0 spiro atoms. The zero-order valence-corrected chi connectivity index (χ0v) is 20.7. The van der Waals surface area contributed by atoms with E-state index in [2.05, 4.69) is 49.1 Å². The van der Waals surface area contributed by atoms with Crippen LogP contribution in [0.1, 0.15) is 64.4 Å². The van der Waals surface area contributed by atoms with Crippen molar-refractivity contribution in [1.82, 2.24) is 0 Å². The van der Waals surface area contributed by atoms with E-state index in [0.717, 1.165) is 49.7 Å². The van der Waals surface area contributed by atoms with Gasteiger partial charge in [0.15, 0.2) is 0 Å². The van der Waals surface area contributed by atoms with Crippen LogP contribution in [0.4, 0.5) is 0 Å². The molecular formula is C23H14As2IO2. The van der Waals surface area contributed by atoms with Crippen LogP contribution in [0.5, 0.6) is 0 Å². The zero-order valence-electron chi connectivity index (χ0n) is 14.8. The fraction of sp³-hybridized carbons (Fsp3) is 0.130. The first-order chi connectivity index (χ1) is 13.6. The van der Waals surface area contributed by atoms with Gasteiger partial charge in [-0.25, -0.2) is 0 Å². The van der Waals surface area contributed by atoms with E-state index >= 15 is 0 Å². The van der Waals surface area contributed by atoms with E-state index in [1.807, 2.05) is 42.5 Å². The third-order valence-electron chi connectivity index (χ3n) is 5.60. The molecule has 5 heteroatoms. The molecule has 0 saturated heterocycles. The number of rotatable bonds is 2. The van der Waals surface area contributed by atoms with Crippen molar-refractivity contribution in [2.75, 3.05) is 0 Å². The van der Waals surface area contributed by atoms with Gasteiger partial charge in [-0.15, -0.1) is 0 Å². The number of hydrogen-bond acceptors (Lipinski definition) is 2. The van der Waals surface area contributed by atoms with Crippen LogP contribution in [-0.4, -0.2) is 40.8 Å². The van der Waals surface area contributed by atoms with Crippen LogP contribution < -0.4 is 0 Å². The molecule has 3 aromatic rings. The van der Waals surface area contributed by atoms with Gasteiger partial charge in [0, 0.05) is 0 Å². The van der Waals surface area contributed by atoms with Crippen molar-refractivity contribution in [3.05, 3.63) is 105 Å². The summed E-state index contributed by atoms with van der Waals surface area (Å²) in [6.07, 6.45) is 0.716. The van der Waals surface area contributed by atoms with E-state index in [4.69, 9.17) is 0 Å². The van der Waals surface area contributed by atoms with Crippen molar-refractivity contribution in [1.29, 1.82) is 0 Å². The molecule has 3 radical (unpaired) electrons. The summed E-state index contributed by atoms with van der Waals surface area (Å²) in [5, 5.41) is 1.10. The molecule has 0 N–H and O–H groups in total. The molecule has 2 aliphatic carbocycles. The second kappa shape index (κ2) is 7.27. The molecule has 0 fully saturated rings. The summed E-state index contributed by atoms with van der Waals surface area (Å²) in [5.74, 6) is 0.149. The molecule has 0 bridgehead atoms. The molecule has 0 amide bonds. The van der Waals surface area contributed by atoms with Crippen LogP contribution >= 0.6 is 20.1 Å². The summed E-state index contributed by atoms with van der Waals surface area (Å²) < 4.78 is 0.0466. The van der Waals surface area contributed by atoms with Gasteiger partial charge >= 0.3 is 192 Å². The van der Waals surface area contributed by atoms with E-state index in [0.29, 0.717) is 6.42 Å². The van der Waals surface area contributed by atoms with Crippen LogP contribution in [0, 0.1) is 0 Å². The van der Waals surface area contributed by atoms with Crippen molar-refractivity contribution in [2.45, 2.75) is 16.3 Å². The van der Waals surface area contributed by atoms with Gasteiger partial charge in [0.2, 0.25) is 0 Å². The predicted octanol–water partition coefficient (Wildman–Crippen LogP) is 4.18. The summed E-state index contributed by atoms with van der Waals surface area (Å²) >= 11 is 5.41. The van der Waals surface area contributed by atoms with Crippen LogP contribution in [-0.2, 0) is 11.6 Å². The molecule has 1 atom stereocenters. The average molecular weight is 599 g/mol. The first-order valence-corrected chi connectivity index (χ1v) is 17.1. The second-order valence-corrected chi connectivity index (χ2v) is 13.0. The topological polar surface area (TPSA) is 34.1 Å². The molecule has 0 heterocycles. The fourth-order valence-corrected chi connectivity index (χ4v) is 7.90. The average Bonchev–Trinajstić information content (AvgIpc) is 2.71. The van der Waals surface area contributed by atoms with Gasteiger partial charge in [0.25, 0.3) is 0 Å². The van der Waals surface area contributed by atoms with Crippen LogP contribution in [0.2, 0.25) is 0 Å². The Hall–Kier alpha value is -1.15. The molecule has 2 aliphatic rings. The minimum atomic E-state index is 0.0466. The summed E-state index contributed by atoms with van der Waals surface area (Å²) in [7, 11) is 0. The van der Waals surface area contributed by atoms with Crippen molar-refractivity contribution < 1.29 is 9.59 Å². The monoisotopic (exact) mass is 599 g/mol. The Bertz CT molecular complexity index is 1170. The molecule has 3 aromatic carbocycles. The molecule has 28 heavy (non-hydrogen) atoms. The Morgan fingerprint density at radius 1 is 0.857 bits per heavy atom. The maximum atomic E-state index is 13.2. The van der Waals surface area contributed by atoms with Crippen molar-refractivity contribution >= 4 is 61.0 Å². The van der Waals surface area contributed by atoms with Gasteiger partial charge in [0.1, 0.15) is 0 Å². The van der Waals surface area contributed by atoms with E-state index in [-0.39, 0.29) is 28.7 Å². The number of ketones is 2. The molecule has 0 saturated carbocycles. The molecule has 0 aromatic heterocycles. The van der Waals surface area contributed by atoms with Crippen molar-refractivity contribution in [3.63, 3.8) is 0 Å². The summed E-state index contributed by atoms with van der Waals surface area (Å²) in [6, 6.07) is 18.0. The molecular weight excluding hydrogens is 585 g/mol. The van der Waals surface area contributed by atoms with Gasteiger partial charge in [0.05, 0.1) is 0 Å². The Morgan fingerprint density at radius 2 is 1.61 bits per heavy atom. The third-order valence-corrected chi connectivity index (χ3v) is 9.55. The summed E-state index contributed by atoms with van der Waals surface area (Å²) in [5.41, 5.74) is 8.42. The van der Waals surface area contributed by atoms with Gasteiger partial charge in [-0.05, 0) is 0 Å². The fourth-order valence-electron chi connectivity index (χ4n) is 4.23. The SMILES string of the molecule is O=C1c2ccc(C[As]I)cc2Cc2cc3c(cc21)C([As])c1ccccc1C3=O. The van der Waals surface area contributed by atoms with Gasteiger partial charge in [-0.3, -0.25) is 0 Å². The Labute approximate surface area is 190 Å². The summed E-state index contributed by atoms with van der Waals surface area (Å²) in [6.45, 7) is 0. The number of benzene rings is 3. The van der Waals surface area contributed by atoms with Gasteiger partial charge < -0.3 is 0 Å². The Balaban J connectivity index is 1.65. The van der Waals surface area contributed by atoms with E-state index in [1.54, 1.807) is 0 Å². The van der Waals surface area contributed by atoms with E-state index in [9.17, 15) is 9.59 Å². The van der Waals surface area contributed by atoms with E-state index in [1.165, 1.54) is 5.56 Å². The number of carbonyl (C=O) groups is 2. The van der Waals surface area contributed by atoms with Gasteiger partial charge in [-0.1, -0.05) is 0 Å². The van der Waals surface area contributed by atoms with Crippen molar-refractivity contribution in [3.8, 4) is 0 Å². The van der Waals surface area contributed by atoms with Crippen LogP contribution in [0.15, 0.2) is 54.6 Å². The van der Waals surface area contributed by atoms with Gasteiger partial charge in [-0.2, -0.15) is 0 Å². The molecule has 1 unspecified atom stereocenters. The van der Waals surface area contributed by atoms with E-state index < -0.39 is 0 Å². The quantitative estimate of drug-likeness (QED) is 0.256. The zero-order chi connectivity index (χ0) is 19.4. The summed E-state index contributed by atoms with van der Waals surface area (Å²) in [4.78, 5) is 26.3. The third kappa shape index (κ3) is 2.90.